The molecule has 1 saturated heterocycles. The summed E-state index contributed by atoms with van der Waals surface area (Å²) in [4.78, 5) is 11.2. The van der Waals surface area contributed by atoms with Gasteiger partial charge in [0.05, 0.1) is 24.3 Å². The van der Waals surface area contributed by atoms with Crippen LogP contribution in [0.1, 0.15) is 12.5 Å². The average molecular weight is 507 g/mol. The second-order valence-electron chi connectivity index (χ2n) is 8.33. The molecule has 0 spiro atoms. The van der Waals surface area contributed by atoms with Gasteiger partial charge < -0.3 is 54.3 Å². The summed E-state index contributed by atoms with van der Waals surface area (Å²) < 4.78 is 26.1. The molecule has 4 rings (SSSR count). The fourth-order valence-electron chi connectivity index (χ4n) is 3.96. The van der Waals surface area contributed by atoms with Crippen LogP contribution in [0.3, 0.4) is 0 Å². The van der Waals surface area contributed by atoms with Crippen molar-refractivity contribution in [2.24, 2.45) is 0 Å². The van der Waals surface area contributed by atoms with Crippen molar-refractivity contribution in [1.29, 1.82) is 0 Å². The predicted octanol–water partition coefficient (Wildman–Crippen LogP) is 0.191. The minimum atomic E-state index is -1.70. The van der Waals surface area contributed by atoms with E-state index in [1.165, 1.54) is 44.4 Å². The van der Waals surface area contributed by atoms with Crippen LogP contribution in [0.25, 0.3) is 5.76 Å². The fraction of sp³-hybridized carbons (Fsp3) is 0.375. The van der Waals surface area contributed by atoms with Crippen LogP contribution < -0.4 is 4.74 Å². The van der Waals surface area contributed by atoms with Gasteiger partial charge in [-0.05, 0) is 12.1 Å². The maximum Gasteiger partial charge on any atom is 0.305 e. The number of phenols is 1. The smallest absolute Gasteiger partial charge is 0.305 e. The second kappa shape index (κ2) is 10.1. The number of allylic oxidation sites excluding steroid dienone is 2. The molecule has 36 heavy (non-hydrogen) atoms. The normalized spacial score (nSPS) is 29.8. The summed E-state index contributed by atoms with van der Waals surface area (Å²) in [5, 5.41) is 61.4. The zero-order chi connectivity index (χ0) is 26.1. The third kappa shape index (κ3) is 4.97. The first-order chi connectivity index (χ1) is 17.1. The van der Waals surface area contributed by atoms with Gasteiger partial charge >= 0.3 is 11.7 Å². The summed E-state index contributed by atoms with van der Waals surface area (Å²) in [5.74, 6) is -0.877. The van der Waals surface area contributed by atoms with E-state index in [4.69, 9.17) is 18.9 Å². The lowest BCUT2D eigenvalue weighted by Crippen LogP contribution is -2.59. The number of rotatable bonds is 6. The molecule has 0 saturated carbocycles. The van der Waals surface area contributed by atoms with Crippen molar-refractivity contribution in [2.75, 3.05) is 13.7 Å². The number of hydrogen-bond donors (Lipinski definition) is 6. The van der Waals surface area contributed by atoms with Gasteiger partial charge in [0.1, 0.15) is 42.5 Å². The van der Waals surface area contributed by atoms with E-state index in [0.717, 1.165) is 6.08 Å². The van der Waals surface area contributed by atoms with E-state index in [0.29, 0.717) is 5.56 Å². The molecular weight excluding hydrogens is 480 g/mol. The van der Waals surface area contributed by atoms with Crippen molar-refractivity contribution in [3.05, 3.63) is 64.8 Å². The lowest BCUT2D eigenvalue weighted by molar-refractivity contribution is -0.291. The van der Waals surface area contributed by atoms with Crippen LogP contribution >= 0.6 is 0 Å². The highest BCUT2D eigenvalue weighted by Crippen LogP contribution is 2.38. The molecule has 2 unspecified atom stereocenters. The first-order valence-electron chi connectivity index (χ1n) is 10.9. The Kier molecular flexibility index (Phi) is 7.13. The van der Waals surface area contributed by atoms with Crippen LogP contribution in [0.15, 0.2) is 59.3 Å². The number of aliphatic hydroxyl groups is 7. The Bertz CT molecular complexity index is 1150. The number of carbonyl (C=O) groups is 1. The van der Waals surface area contributed by atoms with Crippen molar-refractivity contribution in [1.82, 2.24) is 0 Å². The third-order valence-corrected chi connectivity index (χ3v) is 5.83. The Labute approximate surface area is 205 Å². The van der Waals surface area contributed by atoms with Crippen LogP contribution in [-0.4, -0.2) is 91.9 Å². The Balaban J connectivity index is 1.72. The van der Waals surface area contributed by atoms with E-state index in [9.17, 15) is 35.4 Å². The molecule has 1 aromatic rings. The van der Waals surface area contributed by atoms with Gasteiger partial charge in [-0.15, -0.1) is 0 Å². The monoisotopic (exact) mass is 507 g/mol. The predicted molar refractivity (Wildman–Crippen MR) is 121 cm³/mol. The van der Waals surface area contributed by atoms with E-state index in [1.807, 2.05) is 0 Å². The molecule has 0 amide bonds. The highest BCUT2D eigenvalue weighted by molar-refractivity contribution is 5.69. The number of methoxy groups -OCH3 is 1. The number of aliphatic hydroxyl groups excluding tert-OH is 5. The van der Waals surface area contributed by atoms with Gasteiger partial charge in [0.15, 0.2) is 11.5 Å². The minimum absolute atomic E-state index is 0.00242. The summed E-state index contributed by atoms with van der Waals surface area (Å²) in [5.41, 5.74) is 0.693. The zero-order valence-corrected chi connectivity index (χ0v) is 19.3. The number of benzene rings is 1. The molecule has 1 aromatic carbocycles. The highest BCUT2D eigenvalue weighted by atomic mass is 16.7. The van der Waals surface area contributed by atoms with E-state index < -0.39 is 49.4 Å². The molecule has 0 bridgehead atoms. The van der Waals surface area contributed by atoms with Gasteiger partial charge in [-0.25, -0.2) is 0 Å². The lowest BCUT2D eigenvalue weighted by Gasteiger charge is -2.40. The Morgan fingerprint density at radius 3 is 2.53 bits per heavy atom. The van der Waals surface area contributed by atoms with Gasteiger partial charge in [-0.2, -0.15) is 0 Å². The second-order valence-corrected chi connectivity index (χ2v) is 8.33. The topological polar surface area (TPSA) is 188 Å². The van der Waals surface area contributed by atoms with Gasteiger partial charge in [0.2, 0.25) is 18.2 Å². The SMILES string of the molecule is COc1cc(C2=C(OC3O[C@H](COC(C)=O)[C@H](O)[C@H](O)[C@H]3O)C=C3C(O)=CC(O)=CC3[OH+]2)ccc1O. The van der Waals surface area contributed by atoms with Gasteiger partial charge in [0, 0.05) is 25.1 Å². The maximum absolute atomic E-state index is 11.2. The van der Waals surface area contributed by atoms with E-state index in [1.54, 1.807) is 0 Å². The molecule has 1 fully saturated rings. The standard InChI is InChI=1S/C24H26O12/c1-10(25)33-9-19-20(29)21(30)22(31)24(36-19)35-18-8-13-15(28)6-12(26)7-16(13)34-23(18)11-3-4-14(27)17(5-11)32-2/h3-8,16,19-22,24,26-31H,9H2,1-2H3/p+1/t16?,19-,20+,21+,22-,24?/m1/s1. The summed E-state index contributed by atoms with van der Waals surface area (Å²) in [7, 11) is 1.37. The molecule has 12 nitrogen and oxygen atoms in total. The lowest BCUT2D eigenvalue weighted by atomic mass is 9.96. The van der Waals surface area contributed by atoms with Crippen molar-refractivity contribution < 1.29 is 59.1 Å². The van der Waals surface area contributed by atoms with Crippen molar-refractivity contribution in [3.63, 3.8) is 0 Å². The first-order valence-corrected chi connectivity index (χ1v) is 10.9. The molecule has 3 aliphatic rings. The fourth-order valence-corrected chi connectivity index (χ4v) is 3.96. The van der Waals surface area contributed by atoms with Crippen LogP contribution in [0, 0.1) is 0 Å². The van der Waals surface area contributed by atoms with E-state index >= 15 is 0 Å². The van der Waals surface area contributed by atoms with Crippen LogP contribution in [-0.2, 0) is 19.0 Å². The first kappa shape index (κ1) is 25.4. The molecule has 0 aromatic heterocycles. The van der Waals surface area contributed by atoms with Crippen molar-refractivity contribution in [3.8, 4) is 11.5 Å². The highest BCUT2D eigenvalue weighted by Gasteiger charge is 2.47. The number of hydrogen-bond acceptors (Lipinski definition) is 11. The summed E-state index contributed by atoms with van der Waals surface area (Å²) in [6.45, 7) is 0.766. The van der Waals surface area contributed by atoms with Gasteiger partial charge in [-0.3, -0.25) is 4.79 Å². The quantitative estimate of drug-likeness (QED) is 0.228. The van der Waals surface area contributed by atoms with Crippen LogP contribution in [0.5, 0.6) is 11.5 Å². The van der Waals surface area contributed by atoms with Gasteiger partial charge in [0.25, 0.3) is 0 Å². The maximum atomic E-state index is 11.2. The Hall–Kier alpha value is -3.71. The average Bonchev–Trinajstić information content (AvgIpc) is 2.83. The molecule has 2 aliphatic heterocycles. The largest absolute Gasteiger partial charge is 0.571 e. The Morgan fingerprint density at radius 1 is 1.08 bits per heavy atom. The minimum Gasteiger partial charge on any atom is -0.571 e. The molecule has 7 N–H and O–H groups in total. The van der Waals surface area contributed by atoms with Crippen LogP contribution in [0.2, 0.25) is 0 Å². The molecule has 194 valence electrons. The summed E-state index contributed by atoms with van der Waals surface area (Å²) in [6, 6.07) is 4.39. The molecule has 1 aliphatic carbocycles. The number of fused-ring (bicyclic) bond motifs is 1. The molecule has 12 heteroatoms. The van der Waals surface area contributed by atoms with Crippen molar-refractivity contribution >= 4 is 11.7 Å². The van der Waals surface area contributed by atoms with Gasteiger partial charge in [-0.1, -0.05) is 0 Å². The molecular formula is C24H27O12+. The summed E-state index contributed by atoms with van der Waals surface area (Å²) >= 11 is 0. The third-order valence-electron chi connectivity index (χ3n) is 5.83. The number of phenolic OH excluding ortho intramolecular Hbond substituents is 1. The number of ether oxygens (including phenoxy) is 5. The van der Waals surface area contributed by atoms with E-state index in [2.05, 4.69) is 4.74 Å². The number of carbonyl (C=O) groups excluding carboxylic acids is 1. The Morgan fingerprint density at radius 2 is 1.83 bits per heavy atom. The van der Waals surface area contributed by atoms with Crippen molar-refractivity contribution in [2.45, 2.75) is 43.7 Å². The zero-order valence-electron chi connectivity index (χ0n) is 19.3. The molecule has 6 atom stereocenters. The molecule has 0 radical (unpaired) electrons. The summed E-state index contributed by atoms with van der Waals surface area (Å²) in [6.07, 6.45) is -4.51. The van der Waals surface area contributed by atoms with E-state index in [-0.39, 0.29) is 40.1 Å². The molecule has 2 heterocycles. The number of esters is 1. The number of aromatic hydroxyl groups is 1. The van der Waals surface area contributed by atoms with Crippen LogP contribution in [0.4, 0.5) is 0 Å².